The molecule has 1 atom stereocenters. The van der Waals surface area contributed by atoms with E-state index < -0.39 is 12.1 Å². The minimum absolute atomic E-state index is 0.125. The second-order valence-electron chi connectivity index (χ2n) is 5.15. The smallest absolute Gasteiger partial charge is 0.360 e. The van der Waals surface area contributed by atoms with Gasteiger partial charge in [0.1, 0.15) is 0 Å². The number of nitrogens with zero attached hydrogens (tertiary/aromatic N) is 3. The van der Waals surface area contributed by atoms with E-state index in [1.165, 1.54) is 23.6 Å². The summed E-state index contributed by atoms with van der Waals surface area (Å²) in [5.41, 5.74) is 2.15. The molecule has 1 aromatic carbocycles. The lowest BCUT2D eigenvalue weighted by Crippen LogP contribution is -2.09. The van der Waals surface area contributed by atoms with Crippen LogP contribution in [0, 0.1) is 0 Å². The molecule has 2 aromatic rings. The molecule has 21 heavy (non-hydrogen) atoms. The molecule has 112 valence electrons. The summed E-state index contributed by atoms with van der Waals surface area (Å²) in [5.74, 6) is -0.0915. The Kier molecular flexibility index (Phi) is 4.70. The topological polar surface area (TPSA) is 77.2 Å². The van der Waals surface area contributed by atoms with Gasteiger partial charge < -0.3 is 9.84 Å². The molecule has 0 radical (unpaired) electrons. The van der Waals surface area contributed by atoms with Crippen LogP contribution >= 0.6 is 0 Å². The number of esters is 1. The first kappa shape index (κ1) is 15.2. The standard InChI is InChI=1S/C15H19N3O3/c1-10(2)11-4-6-12(7-5-11)14(19)9-18-8-13(16-17-18)15(20)21-3/h4-8,10,14,19H,9H2,1-3H3. The van der Waals surface area contributed by atoms with Crippen LogP contribution in [0.5, 0.6) is 0 Å². The highest BCUT2D eigenvalue weighted by molar-refractivity contribution is 5.86. The Morgan fingerprint density at radius 2 is 1.90 bits per heavy atom. The van der Waals surface area contributed by atoms with Crippen LogP contribution in [0.15, 0.2) is 30.5 Å². The molecule has 1 N–H and O–H groups in total. The molecule has 0 spiro atoms. The number of ether oxygens (including phenoxy) is 1. The van der Waals surface area contributed by atoms with E-state index in [1.54, 1.807) is 0 Å². The van der Waals surface area contributed by atoms with Crippen molar-refractivity contribution in [3.63, 3.8) is 0 Å². The summed E-state index contributed by atoms with van der Waals surface area (Å²) in [4.78, 5) is 11.3. The van der Waals surface area contributed by atoms with Crippen molar-refractivity contribution in [2.45, 2.75) is 32.4 Å². The molecule has 0 saturated carbocycles. The zero-order valence-corrected chi connectivity index (χ0v) is 12.4. The second kappa shape index (κ2) is 6.49. The summed E-state index contributed by atoms with van der Waals surface area (Å²) in [6, 6.07) is 7.81. The number of benzene rings is 1. The number of carbonyl (C=O) groups is 1. The molecule has 0 bridgehead atoms. The lowest BCUT2D eigenvalue weighted by atomic mass is 10.00. The van der Waals surface area contributed by atoms with Crippen molar-refractivity contribution in [2.75, 3.05) is 7.11 Å². The van der Waals surface area contributed by atoms with E-state index in [1.807, 2.05) is 24.3 Å². The number of carbonyl (C=O) groups excluding carboxylic acids is 1. The van der Waals surface area contributed by atoms with Crippen LogP contribution in [-0.2, 0) is 11.3 Å². The molecule has 0 aliphatic rings. The summed E-state index contributed by atoms with van der Waals surface area (Å²) < 4.78 is 5.98. The van der Waals surface area contributed by atoms with Crippen LogP contribution in [0.2, 0.25) is 0 Å². The van der Waals surface area contributed by atoms with Gasteiger partial charge >= 0.3 is 5.97 Å². The zero-order valence-electron chi connectivity index (χ0n) is 12.4. The first-order chi connectivity index (χ1) is 10.0. The van der Waals surface area contributed by atoms with Crippen LogP contribution < -0.4 is 0 Å². The van der Waals surface area contributed by atoms with Crippen LogP contribution in [0.1, 0.15) is 47.5 Å². The van der Waals surface area contributed by atoms with E-state index in [4.69, 9.17) is 0 Å². The fourth-order valence-corrected chi connectivity index (χ4v) is 1.97. The molecule has 1 heterocycles. The third kappa shape index (κ3) is 3.66. The Morgan fingerprint density at radius 3 is 2.48 bits per heavy atom. The molecule has 6 heteroatoms. The second-order valence-corrected chi connectivity index (χ2v) is 5.15. The zero-order chi connectivity index (χ0) is 15.4. The number of hydrogen-bond donors (Lipinski definition) is 1. The van der Waals surface area contributed by atoms with E-state index in [0.717, 1.165) is 5.56 Å². The van der Waals surface area contributed by atoms with Crippen molar-refractivity contribution in [3.05, 3.63) is 47.3 Å². The van der Waals surface area contributed by atoms with Gasteiger partial charge in [0.2, 0.25) is 0 Å². The lowest BCUT2D eigenvalue weighted by Gasteiger charge is -2.12. The molecule has 6 nitrogen and oxygen atoms in total. The van der Waals surface area contributed by atoms with Crippen molar-refractivity contribution in [1.29, 1.82) is 0 Å². The fraction of sp³-hybridized carbons (Fsp3) is 0.400. The SMILES string of the molecule is COC(=O)c1cn(CC(O)c2ccc(C(C)C)cc2)nn1. The van der Waals surface area contributed by atoms with Gasteiger partial charge in [-0.1, -0.05) is 43.3 Å². The number of rotatable bonds is 5. The van der Waals surface area contributed by atoms with E-state index in [-0.39, 0.29) is 12.2 Å². The summed E-state index contributed by atoms with van der Waals surface area (Å²) in [6.45, 7) is 4.47. The Labute approximate surface area is 123 Å². The molecular formula is C15H19N3O3. The molecule has 0 saturated heterocycles. The highest BCUT2D eigenvalue weighted by atomic mass is 16.5. The third-order valence-corrected chi connectivity index (χ3v) is 3.28. The summed E-state index contributed by atoms with van der Waals surface area (Å²) in [5, 5.41) is 17.7. The quantitative estimate of drug-likeness (QED) is 0.851. The monoisotopic (exact) mass is 289 g/mol. The van der Waals surface area contributed by atoms with Gasteiger partial charge in [-0.05, 0) is 17.0 Å². The molecule has 0 aliphatic carbocycles. The van der Waals surface area contributed by atoms with Crippen LogP contribution in [0.3, 0.4) is 0 Å². The van der Waals surface area contributed by atoms with Crippen molar-refractivity contribution < 1.29 is 14.6 Å². The predicted octanol–water partition coefficient (Wildman–Crippen LogP) is 1.92. The molecule has 0 amide bonds. The maximum Gasteiger partial charge on any atom is 0.360 e. The summed E-state index contributed by atoms with van der Waals surface area (Å²) in [7, 11) is 1.28. The largest absolute Gasteiger partial charge is 0.464 e. The van der Waals surface area contributed by atoms with Crippen molar-refractivity contribution in [3.8, 4) is 0 Å². The van der Waals surface area contributed by atoms with Gasteiger partial charge in [-0.15, -0.1) is 5.10 Å². The van der Waals surface area contributed by atoms with Gasteiger partial charge in [0.25, 0.3) is 0 Å². The Balaban J connectivity index is 2.05. The van der Waals surface area contributed by atoms with Gasteiger partial charge in [0.05, 0.1) is 26.0 Å². The van der Waals surface area contributed by atoms with E-state index in [0.29, 0.717) is 5.92 Å². The fourth-order valence-electron chi connectivity index (χ4n) is 1.97. The predicted molar refractivity (Wildman–Crippen MR) is 76.9 cm³/mol. The first-order valence-electron chi connectivity index (χ1n) is 6.77. The average molecular weight is 289 g/mol. The van der Waals surface area contributed by atoms with Gasteiger partial charge in [-0.2, -0.15) is 0 Å². The lowest BCUT2D eigenvalue weighted by molar-refractivity contribution is 0.0593. The van der Waals surface area contributed by atoms with Gasteiger partial charge in [-0.3, -0.25) is 0 Å². The molecular weight excluding hydrogens is 270 g/mol. The molecule has 1 aromatic heterocycles. The minimum atomic E-state index is -0.710. The van der Waals surface area contributed by atoms with Crippen molar-refractivity contribution in [2.24, 2.45) is 0 Å². The van der Waals surface area contributed by atoms with Gasteiger partial charge in [0, 0.05) is 0 Å². The van der Waals surface area contributed by atoms with E-state index in [9.17, 15) is 9.90 Å². The number of hydrogen-bond acceptors (Lipinski definition) is 5. The summed E-state index contributed by atoms with van der Waals surface area (Å²) in [6.07, 6.45) is 0.746. The molecule has 2 rings (SSSR count). The maximum absolute atomic E-state index is 11.3. The van der Waals surface area contributed by atoms with Crippen LogP contribution in [-0.4, -0.2) is 33.2 Å². The molecule has 1 unspecified atom stereocenters. The van der Waals surface area contributed by atoms with E-state index in [2.05, 4.69) is 28.9 Å². The van der Waals surface area contributed by atoms with Gasteiger partial charge in [-0.25, -0.2) is 9.48 Å². The Bertz CT molecular complexity index is 605. The first-order valence-corrected chi connectivity index (χ1v) is 6.77. The average Bonchev–Trinajstić information content (AvgIpc) is 2.95. The normalized spacial score (nSPS) is 12.4. The third-order valence-electron chi connectivity index (χ3n) is 3.28. The molecule has 0 fully saturated rings. The highest BCUT2D eigenvalue weighted by Crippen LogP contribution is 2.19. The number of aliphatic hydroxyl groups excluding tert-OH is 1. The number of aromatic nitrogens is 3. The Hall–Kier alpha value is -2.21. The molecule has 0 aliphatic heterocycles. The number of methoxy groups -OCH3 is 1. The van der Waals surface area contributed by atoms with Crippen LogP contribution in [0.4, 0.5) is 0 Å². The maximum atomic E-state index is 11.3. The van der Waals surface area contributed by atoms with Crippen molar-refractivity contribution in [1.82, 2.24) is 15.0 Å². The van der Waals surface area contributed by atoms with Gasteiger partial charge in [0.15, 0.2) is 5.69 Å². The minimum Gasteiger partial charge on any atom is -0.464 e. The van der Waals surface area contributed by atoms with Crippen molar-refractivity contribution >= 4 is 5.97 Å². The Morgan fingerprint density at radius 1 is 1.29 bits per heavy atom. The highest BCUT2D eigenvalue weighted by Gasteiger charge is 2.14. The summed E-state index contributed by atoms with van der Waals surface area (Å²) >= 11 is 0. The number of aliphatic hydroxyl groups is 1. The van der Waals surface area contributed by atoms with E-state index >= 15 is 0 Å². The van der Waals surface area contributed by atoms with Crippen LogP contribution in [0.25, 0.3) is 0 Å².